The second kappa shape index (κ2) is 7.48. The summed E-state index contributed by atoms with van der Waals surface area (Å²) in [4.78, 5) is 21.3. The Balaban J connectivity index is 1.43. The minimum absolute atomic E-state index is 0.0330. The van der Waals surface area contributed by atoms with Crippen LogP contribution in [0.3, 0.4) is 0 Å². The van der Waals surface area contributed by atoms with Crippen molar-refractivity contribution in [3.63, 3.8) is 0 Å². The predicted molar refractivity (Wildman–Crippen MR) is 140 cm³/mol. The highest BCUT2D eigenvalue weighted by atomic mass is 32.1. The number of amides is 1. The summed E-state index contributed by atoms with van der Waals surface area (Å²) in [5.41, 5.74) is 4.82. The van der Waals surface area contributed by atoms with Gasteiger partial charge in [-0.25, -0.2) is 4.39 Å². The normalized spacial score (nSPS) is 19.5. The highest BCUT2D eigenvalue weighted by molar-refractivity contribution is 7.80. The molecule has 5 aromatic rings. The van der Waals surface area contributed by atoms with E-state index in [9.17, 15) is 9.18 Å². The monoisotopic (exact) mass is 477 g/mol. The van der Waals surface area contributed by atoms with Crippen molar-refractivity contribution in [1.29, 1.82) is 0 Å². The minimum Gasteiger partial charge on any atom is -0.356 e. The van der Waals surface area contributed by atoms with Crippen LogP contribution in [0.2, 0.25) is 0 Å². The Labute approximate surface area is 206 Å². The Morgan fingerprint density at radius 1 is 0.857 bits per heavy atom. The molecule has 7 rings (SSSR count). The number of hydrogen-bond donors (Lipinski definition) is 1. The molecule has 2 atom stereocenters. The minimum atomic E-state index is -0.441. The fourth-order valence-corrected chi connectivity index (χ4v) is 6.11. The third-order valence-corrected chi connectivity index (χ3v) is 7.64. The summed E-state index contributed by atoms with van der Waals surface area (Å²) in [6, 6.07) is 27.8. The van der Waals surface area contributed by atoms with Crippen LogP contribution in [0, 0.1) is 5.82 Å². The maximum Gasteiger partial charge on any atom is 0.256 e. The molecule has 3 heterocycles. The number of aromatic amines is 1. The van der Waals surface area contributed by atoms with Crippen LogP contribution in [0.25, 0.3) is 21.7 Å². The molecule has 0 radical (unpaired) electrons. The second-order valence-corrected chi connectivity index (χ2v) is 9.46. The fourth-order valence-electron chi connectivity index (χ4n) is 5.69. The number of halogens is 1. The number of carbonyl (C=O) groups is 1. The van der Waals surface area contributed by atoms with Crippen LogP contribution in [-0.4, -0.2) is 26.9 Å². The van der Waals surface area contributed by atoms with E-state index in [0.717, 1.165) is 44.2 Å². The number of para-hydroxylation sites is 1. The molecule has 0 unspecified atom stereocenters. The first-order valence-electron chi connectivity index (χ1n) is 11.6. The number of benzene rings is 4. The van der Waals surface area contributed by atoms with Crippen LogP contribution in [-0.2, 0) is 11.2 Å². The first-order chi connectivity index (χ1) is 17.1. The molecule has 2 aliphatic heterocycles. The lowest BCUT2D eigenvalue weighted by Crippen LogP contribution is -2.44. The quantitative estimate of drug-likeness (QED) is 0.312. The zero-order valence-electron chi connectivity index (χ0n) is 18.6. The summed E-state index contributed by atoms with van der Waals surface area (Å²) in [6.45, 7) is 0. The van der Waals surface area contributed by atoms with Gasteiger partial charge >= 0.3 is 0 Å². The fraction of sp³-hybridized carbons (Fsp3) is 0.103. The van der Waals surface area contributed by atoms with Gasteiger partial charge in [0.15, 0.2) is 5.11 Å². The molecule has 0 bridgehead atoms. The van der Waals surface area contributed by atoms with E-state index < -0.39 is 6.04 Å². The number of anilines is 1. The topological polar surface area (TPSA) is 39.3 Å². The maximum atomic E-state index is 14.0. The number of fused-ring (bicyclic) bond motifs is 5. The van der Waals surface area contributed by atoms with Crippen LogP contribution in [0.5, 0.6) is 0 Å². The van der Waals surface area contributed by atoms with Crippen molar-refractivity contribution in [3.8, 4) is 0 Å². The molecule has 2 aliphatic rings. The number of rotatable bonds is 2. The highest BCUT2D eigenvalue weighted by Crippen LogP contribution is 2.45. The van der Waals surface area contributed by atoms with Crippen LogP contribution < -0.4 is 4.90 Å². The second-order valence-electron chi connectivity index (χ2n) is 9.10. The van der Waals surface area contributed by atoms with Crippen LogP contribution in [0.4, 0.5) is 10.1 Å². The third-order valence-electron chi connectivity index (χ3n) is 7.24. The number of carbonyl (C=O) groups excluding carboxylic acids is 1. The van der Waals surface area contributed by atoms with E-state index in [4.69, 9.17) is 12.2 Å². The third kappa shape index (κ3) is 2.90. The van der Waals surface area contributed by atoms with Crippen molar-refractivity contribution < 1.29 is 9.18 Å². The molecular weight excluding hydrogens is 457 g/mol. The van der Waals surface area contributed by atoms with E-state index in [0.29, 0.717) is 11.5 Å². The van der Waals surface area contributed by atoms with Gasteiger partial charge in [0.05, 0.1) is 11.7 Å². The molecule has 0 spiro atoms. The lowest BCUT2D eigenvalue weighted by atomic mass is 9.89. The molecule has 1 N–H and O–H groups in total. The number of nitrogens with zero attached hydrogens (tertiary/aromatic N) is 2. The standard InChI is InChI=1S/C29H20FN3OS/c30-19-14-12-18(13-15-19)27-26-22(21-9-3-4-10-23(21)31-26)16-25-28(34)33(29(35)32(25)27)24-11-5-7-17-6-1-2-8-20(17)24/h1-15,25,27,31H,16H2/t25-,27+/m0/s1. The summed E-state index contributed by atoms with van der Waals surface area (Å²) >= 11 is 6.02. The van der Waals surface area contributed by atoms with Crippen molar-refractivity contribution in [1.82, 2.24) is 9.88 Å². The number of hydrogen-bond acceptors (Lipinski definition) is 2. The Morgan fingerprint density at radius 2 is 1.57 bits per heavy atom. The largest absolute Gasteiger partial charge is 0.356 e. The molecule has 4 aromatic carbocycles. The van der Waals surface area contributed by atoms with Gasteiger partial charge in [0.1, 0.15) is 11.9 Å². The van der Waals surface area contributed by atoms with Gasteiger partial charge in [-0.3, -0.25) is 9.69 Å². The summed E-state index contributed by atoms with van der Waals surface area (Å²) in [5.74, 6) is -0.329. The molecule has 1 aromatic heterocycles. The average Bonchev–Trinajstić information content (AvgIpc) is 3.38. The Bertz CT molecular complexity index is 1650. The molecular formula is C29H20FN3OS. The van der Waals surface area contributed by atoms with Crippen molar-refractivity contribution >= 4 is 50.6 Å². The van der Waals surface area contributed by atoms with Gasteiger partial charge in [0.25, 0.3) is 5.91 Å². The zero-order valence-corrected chi connectivity index (χ0v) is 19.4. The molecule has 6 heteroatoms. The van der Waals surface area contributed by atoms with Crippen LogP contribution >= 0.6 is 12.2 Å². The van der Waals surface area contributed by atoms with E-state index in [1.807, 2.05) is 65.6 Å². The lowest BCUT2D eigenvalue weighted by molar-refractivity contribution is -0.120. The van der Waals surface area contributed by atoms with Gasteiger partial charge < -0.3 is 9.88 Å². The maximum absolute atomic E-state index is 14.0. The molecule has 1 fully saturated rings. The van der Waals surface area contributed by atoms with E-state index in [1.54, 1.807) is 17.0 Å². The smallest absolute Gasteiger partial charge is 0.256 e. The Hall–Kier alpha value is -4.03. The summed E-state index contributed by atoms with van der Waals surface area (Å²) in [7, 11) is 0. The van der Waals surface area contributed by atoms with Gasteiger partial charge in [-0.1, -0.05) is 66.7 Å². The summed E-state index contributed by atoms with van der Waals surface area (Å²) in [5, 5.41) is 3.61. The number of aromatic nitrogens is 1. The number of H-pyrrole nitrogens is 1. The van der Waals surface area contributed by atoms with E-state index in [1.165, 1.54) is 12.1 Å². The predicted octanol–water partition coefficient (Wildman–Crippen LogP) is 6.11. The Kier molecular flexibility index (Phi) is 4.35. The van der Waals surface area contributed by atoms with Crippen LogP contribution in [0.15, 0.2) is 91.0 Å². The Morgan fingerprint density at radius 3 is 2.40 bits per heavy atom. The van der Waals surface area contributed by atoms with E-state index in [-0.39, 0.29) is 17.8 Å². The molecule has 0 saturated carbocycles. The van der Waals surface area contributed by atoms with Crippen molar-refractivity contribution in [2.75, 3.05) is 4.90 Å². The molecule has 1 amide bonds. The lowest BCUT2D eigenvalue weighted by Gasteiger charge is -2.37. The number of thiocarbonyl (C=S) groups is 1. The van der Waals surface area contributed by atoms with Crippen LogP contribution in [0.1, 0.15) is 22.9 Å². The first kappa shape index (κ1) is 20.4. The molecule has 35 heavy (non-hydrogen) atoms. The van der Waals surface area contributed by atoms with Gasteiger partial charge in [-0.2, -0.15) is 0 Å². The summed E-state index contributed by atoms with van der Waals surface area (Å²) in [6.07, 6.45) is 0.553. The average molecular weight is 478 g/mol. The van der Waals surface area contributed by atoms with Gasteiger partial charge in [-0.05, 0) is 53.0 Å². The van der Waals surface area contributed by atoms with Gasteiger partial charge in [0, 0.05) is 28.4 Å². The van der Waals surface area contributed by atoms with Crippen molar-refractivity contribution in [3.05, 3.63) is 114 Å². The zero-order chi connectivity index (χ0) is 23.7. The van der Waals surface area contributed by atoms with Gasteiger partial charge in [-0.15, -0.1) is 0 Å². The van der Waals surface area contributed by atoms with E-state index >= 15 is 0 Å². The molecule has 1 saturated heterocycles. The van der Waals surface area contributed by atoms with Gasteiger partial charge in [0.2, 0.25) is 0 Å². The molecule has 4 nitrogen and oxygen atoms in total. The van der Waals surface area contributed by atoms with Crippen molar-refractivity contribution in [2.24, 2.45) is 0 Å². The summed E-state index contributed by atoms with van der Waals surface area (Å²) < 4.78 is 13.8. The highest BCUT2D eigenvalue weighted by Gasteiger charge is 2.51. The molecule has 0 aliphatic carbocycles. The van der Waals surface area contributed by atoms with E-state index in [2.05, 4.69) is 11.1 Å². The molecule has 170 valence electrons. The van der Waals surface area contributed by atoms with Crippen molar-refractivity contribution in [2.45, 2.75) is 18.5 Å². The number of nitrogens with one attached hydrogen (secondary N) is 1. The first-order valence-corrected chi connectivity index (χ1v) is 12.0. The SMILES string of the molecule is O=C1[C@@H]2Cc3c([nH]c4ccccc34)[C@@H](c3ccc(F)cc3)N2C(=S)N1c1cccc2ccccc12.